The molecule has 0 saturated carbocycles. The van der Waals surface area contributed by atoms with E-state index in [-0.39, 0.29) is 19.3 Å². The molecule has 5 unspecified atom stereocenters. The SMILES string of the molecule is CC/C=C\C/C=C\C/C=C\C/C=C\C/C=C\CCCCCC(=O)OCC(COP(=O)(O)OCC(O)COP(=O)(O)OCC(O)COC(=O)CCCCCCCCCCCCC/C=C\C/C=C\C/C=C\C/C=C\CCCCC)OC(=O)CCCCCCC/C=C\C/C=C\CCCCC. The molecule has 0 rings (SSSR count). The molecule has 0 aliphatic heterocycles. The molecular formula is C79H134O16P2. The number of phosphoric acid groups is 2. The number of allylic oxidation sites excluding steroid dienone is 22. The number of aliphatic hydroxyl groups excluding tert-OH is 2. The molecule has 16 nitrogen and oxygen atoms in total. The third-order valence-corrected chi connectivity index (χ3v) is 17.2. The molecule has 0 aromatic carbocycles. The fourth-order valence-corrected chi connectivity index (χ4v) is 11.2. The van der Waals surface area contributed by atoms with E-state index in [2.05, 4.69) is 154 Å². The number of phosphoric ester groups is 2. The number of carbonyl (C=O) groups is 3. The smallest absolute Gasteiger partial charge is 0.463 e. The summed E-state index contributed by atoms with van der Waals surface area (Å²) < 4.78 is 61.0. The van der Waals surface area contributed by atoms with Gasteiger partial charge in [0.1, 0.15) is 25.4 Å². The Morgan fingerprint density at radius 1 is 0.299 bits per heavy atom. The summed E-state index contributed by atoms with van der Waals surface area (Å²) in [4.78, 5) is 58.5. The molecule has 0 saturated heterocycles. The van der Waals surface area contributed by atoms with Crippen LogP contribution < -0.4 is 0 Å². The van der Waals surface area contributed by atoms with Gasteiger partial charge in [-0.25, -0.2) is 9.13 Å². The van der Waals surface area contributed by atoms with Crippen LogP contribution in [0.4, 0.5) is 0 Å². The first-order valence-electron chi connectivity index (χ1n) is 37.5. The van der Waals surface area contributed by atoms with Crippen LogP contribution in [0, 0.1) is 0 Å². The molecule has 4 N–H and O–H groups in total. The number of ether oxygens (including phenoxy) is 3. The Bertz CT molecular complexity index is 2300. The van der Waals surface area contributed by atoms with Gasteiger partial charge in [-0.3, -0.25) is 32.5 Å². The predicted molar refractivity (Wildman–Crippen MR) is 399 cm³/mol. The monoisotopic (exact) mass is 1400 g/mol. The zero-order valence-corrected chi connectivity index (χ0v) is 62.2. The molecular weight excluding hydrogens is 1270 g/mol. The van der Waals surface area contributed by atoms with Gasteiger partial charge in [-0.2, -0.15) is 0 Å². The van der Waals surface area contributed by atoms with E-state index in [0.717, 1.165) is 141 Å². The zero-order chi connectivity index (χ0) is 70.9. The van der Waals surface area contributed by atoms with E-state index in [9.17, 15) is 43.5 Å². The van der Waals surface area contributed by atoms with Gasteiger partial charge in [0.2, 0.25) is 0 Å². The normalized spacial score (nSPS) is 14.8. The summed E-state index contributed by atoms with van der Waals surface area (Å²) in [6.07, 6.45) is 85.0. The quantitative estimate of drug-likeness (QED) is 0.0146. The Kier molecular flexibility index (Phi) is 68.3. The average Bonchev–Trinajstić information content (AvgIpc) is 2.48. The molecule has 0 aliphatic rings. The molecule has 0 aliphatic carbocycles. The predicted octanol–water partition coefficient (Wildman–Crippen LogP) is 21.5. The van der Waals surface area contributed by atoms with Crippen molar-refractivity contribution in [2.24, 2.45) is 0 Å². The van der Waals surface area contributed by atoms with Crippen molar-refractivity contribution in [2.75, 3.05) is 39.6 Å². The number of unbranched alkanes of at least 4 members (excludes halogenated alkanes) is 25. The molecule has 97 heavy (non-hydrogen) atoms. The summed E-state index contributed by atoms with van der Waals surface area (Å²) in [7, 11) is -9.80. The van der Waals surface area contributed by atoms with Crippen molar-refractivity contribution in [1.29, 1.82) is 0 Å². The van der Waals surface area contributed by atoms with E-state index in [1.54, 1.807) is 0 Å². The Morgan fingerprint density at radius 2 is 0.546 bits per heavy atom. The largest absolute Gasteiger partial charge is 0.472 e. The van der Waals surface area contributed by atoms with Gasteiger partial charge in [0.15, 0.2) is 6.10 Å². The van der Waals surface area contributed by atoms with Crippen LogP contribution in [0.25, 0.3) is 0 Å². The third-order valence-electron chi connectivity index (χ3n) is 15.3. The first-order valence-corrected chi connectivity index (χ1v) is 40.5. The Balaban J connectivity index is 4.60. The Labute approximate surface area is 588 Å². The van der Waals surface area contributed by atoms with Gasteiger partial charge >= 0.3 is 33.6 Å². The highest BCUT2D eigenvalue weighted by atomic mass is 31.2. The number of aliphatic hydroxyl groups is 2. The van der Waals surface area contributed by atoms with Crippen LogP contribution in [0.3, 0.4) is 0 Å². The van der Waals surface area contributed by atoms with E-state index >= 15 is 0 Å². The lowest BCUT2D eigenvalue weighted by molar-refractivity contribution is -0.161. The maximum absolute atomic E-state index is 12.9. The van der Waals surface area contributed by atoms with Crippen LogP contribution in [-0.4, -0.2) is 95.9 Å². The topological polar surface area (TPSA) is 231 Å². The number of hydrogen-bond acceptors (Lipinski definition) is 14. The maximum atomic E-state index is 12.9. The van der Waals surface area contributed by atoms with Crippen molar-refractivity contribution in [3.8, 4) is 0 Å². The maximum Gasteiger partial charge on any atom is 0.472 e. The summed E-state index contributed by atoms with van der Waals surface area (Å²) in [5.41, 5.74) is 0. The van der Waals surface area contributed by atoms with Gasteiger partial charge in [0, 0.05) is 19.3 Å². The third kappa shape index (κ3) is 72.8. The van der Waals surface area contributed by atoms with E-state index in [4.69, 9.17) is 32.3 Å². The lowest BCUT2D eigenvalue weighted by atomic mass is 10.0. The van der Waals surface area contributed by atoms with Gasteiger partial charge in [0.05, 0.1) is 26.4 Å². The minimum Gasteiger partial charge on any atom is -0.463 e. The van der Waals surface area contributed by atoms with Crippen LogP contribution in [-0.2, 0) is 55.8 Å². The molecule has 0 spiro atoms. The molecule has 0 amide bonds. The van der Waals surface area contributed by atoms with E-state index in [0.29, 0.717) is 19.3 Å². The summed E-state index contributed by atoms with van der Waals surface area (Å²) >= 11 is 0. The highest BCUT2D eigenvalue weighted by Gasteiger charge is 2.29. The number of hydrogen-bond donors (Lipinski definition) is 4. The number of carbonyl (C=O) groups excluding carboxylic acids is 3. The minimum absolute atomic E-state index is 0.0774. The van der Waals surface area contributed by atoms with Crippen molar-refractivity contribution in [1.82, 2.24) is 0 Å². The molecule has 5 atom stereocenters. The van der Waals surface area contributed by atoms with Gasteiger partial charge in [0.25, 0.3) is 0 Å². The lowest BCUT2D eigenvalue weighted by Gasteiger charge is -2.21. The molecule has 0 aromatic heterocycles. The minimum atomic E-state index is -4.94. The number of rotatable bonds is 70. The second kappa shape index (κ2) is 71.5. The summed E-state index contributed by atoms with van der Waals surface area (Å²) in [5.74, 6) is -1.63. The Hall–Kier alpha value is -4.31. The second-order valence-electron chi connectivity index (χ2n) is 24.7. The summed E-state index contributed by atoms with van der Waals surface area (Å²) in [5, 5.41) is 20.6. The van der Waals surface area contributed by atoms with Crippen molar-refractivity contribution >= 4 is 33.6 Å². The molecule has 0 aromatic rings. The van der Waals surface area contributed by atoms with Crippen molar-refractivity contribution in [3.05, 3.63) is 134 Å². The van der Waals surface area contributed by atoms with Gasteiger partial charge in [-0.1, -0.05) is 264 Å². The first kappa shape index (κ1) is 92.7. The van der Waals surface area contributed by atoms with Gasteiger partial charge in [-0.15, -0.1) is 0 Å². The first-order chi connectivity index (χ1) is 47.2. The van der Waals surface area contributed by atoms with Gasteiger partial charge < -0.3 is 34.2 Å². The van der Waals surface area contributed by atoms with Crippen LogP contribution in [0.15, 0.2) is 134 Å². The summed E-state index contributed by atoms with van der Waals surface area (Å²) in [6, 6.07) is 0. The lowest BCUT2D eigenvalue weighted by Crippen LogP contribution is -2.30. The fraction of sp³-hybridized carbons (Fsp3) is 0.684. The van der Waals surface area contributed by atoms with E-state index in [1.165, 1.54) is 89.9 Å². The van der Waals surface area contributed by atoms with E-state index in [1.807, 2.05) is 0 Å². The van der Waals surface area contributed by atoms with Crippen LogP contribution in [0.5, 0.6) is 0 Å². The molecule has 556 valence electrons. The summed E-state index contributed by atoms with van der Waals surface area (Å²) in [6.45, 7) is 2.44. The molecule has 0 heterocycles. The molecule has 18 heteroatoms. The van der Waals surface area contributed by atoms with E-state index < -0.39 is 91.5 Å². The average molecular weight is 1400 g/mol. The van der Waals surface area contributed by atoms with Crippen molar-refractivity contribution in [3.63, 3.8) is 0 Å². The second-order valence-corrected chi connectivity index (χ2v) is 27.6. The highest BCUT2D eigenvalue weighted by Crippen LogP contribution is 2.45. The van der Waals surface area contributed by atoms with Crippen LogP contribution in [0.1, 0.15) is 290 Å². The van der Waals surface area contributed by atoms with Gasteiger partial charge in [-0.05, 0) is 141 Å². The molecule has 0 radical (unpaired) electrons. The number of esters is 3. The van der Waals surface area contributed by atoms with Crippen molar-refractivity contribution < 1.29 is 75.8 Å². The van der Waals surface area contributed by atoms with Crippen LogP contribution in [0.2, 0.25) is 0 Å². The van der Waals surface area contributed by atoms with Crippen LogP contribution >= 0.6 is 15.6 Å². The standard InChI is InChI=1S/C79H134O16P2/c1-4-7-10-13-16-19-22-25-28-30-32-33-34-35-36-37-38-39-41-43-45-47-50-53-56-59-62-65-77(82)89-68-74(80)69-91-96(85,86)92-70-75(81)71-93-97(87,88)94-73-76(95-79(84)67-64-61-58-55-52-49-44-27-24-21-18-15-12-9-6-3)72-90-78(83)66-63-60-57-54-51-48-46-42-40-31-29-26-23-20-17-14-11-8-5-2/h8,11,16-21,25-29,32-33,35-36,40,42,44,48,51,74-76,80-81H,4-7,9-10,12-15,22-24,30-31,34,37-39,41,43,45-47,49-50,52-73H2,1-3H3,(H,85,86)(H,87,88)/b11-8-,19-16-,20-17-,21-18-,28-25-,29-26-,33-32-,36-35-,42-40-,44-27-,51-48-. The highest BCUT2D eigenvalue weighted by molar-refractivity contribution is 7.47. The van der Waals surface area contributed by atoms with Crippen molar-refractivity contribution in [2.45, 2.75) is 309 Å². The fourth-order valence-electron chi connectivity index (χ4n) is 9.61. The molecule has 0 fully saturated rings. The molecule has 0 bridgehead atoms. The Morgan fingerprint density at radius 3 is 0.876 bits per heavy atom. The zero-order valence-electron chi connectivity index (χ0n) is 60.5.